The molecule has 3 aromatic rings. The predicted molar refractivity (Wildman–Crippen MR) is 152 cm³/mol. The standard InChI is InChI=1S/C30H36FN3O4S/c1-22-11-13-24(14-12-22)20-33(27(29(36)32-30(2,3)4)19-23-9-7-6-8-10-23)28(35)21-34(39(5,37)38)26-17-15-25(31)16-18-26/h6-18,27H,19-21H2,1-5H3,(H,32,36)/t27-/m1/s1. The molecule has 0 unspecified atom stereocenters. The molecule has 0 heterocycles. The van der Waals surface area contributed by atoms with Crippen molar-refractivity contribution in [2.75, 3.05) is 17.1 Å². The SMILES string of the molecule is Cc1ccc(CN(C(=O)CN(c2ccc(F)cc2)S(C)(=O)=O)[C@H](Cc2ccccc2)C(=O)NC(C)(C)C)cc1. The smallest absolute Gasteiger partial charge is 0.244 e. The molecule has 1 atom stereocenters. The van der Waals surface area contributed by atoms with Gasteiger partial charge in [0, 0.05) is 18.5 Å². The number of amides is 2. The van der Waals surface area contributed by atoms with Crippen LogP contribution in [0.3, 0.4) is 0 Å². The molecule has 0 saturated heterocycles. The number of carbonyl (C=O) groups is 2. The Morgan fingerprint density at radius 2 is 1.49 bits per heavy atom. The van der Waals surface area contributed by atoms with E-state index in [1.165, 1.54) is 17.0 Å². The first-order chi connectivity index (χ1) is 18.2. The van der Waals surface area contributed by atoms with E-state index in [0.29, 0.717) is 0 Å². The van der Waals surface area contributed by atoms with Crippen molar-refractivity contribution in [3.8, 4) is 0 Å². The highest BCUT2D eigenvalue weighted by molar-refractivity contribution is 7.92. The molecular weight excluding hydrogens is 517 g/mol. The lowest BCUT2D eigenvalue weighted by atomic mass is 10.0. The van der Waals surface area contributed by atoms with Crippen LogP contribution in [0.4, 0.5) is 10.1 Å². The maximum Gasteiger partial charge on any atom is 0.244 e. The van der Waals surface area contributed by atoms with Crippen molar-refractivity contribution in [3.63, 3.8) is 0 Å². The molecule has 0 fully saturated rings. The third-order valence-corrected chi connectivity index (χ3v) is 7.18. The van der Waals surface area contributed by atoms with Gasteiger partial charge in [-0.1, -0.05) is 60.2 Å². The van der Waals surface area contributed by atoms with Crippen LogP contribution in [0.2, 0.25) is 0 Å². The number of nitrogens with one attached hydrogen (secondary N) is 1. The summed E-state index contributed by atoms with van der Waals surface area (Å²) in [7, 11) is -3.91. The highest BCUT2D eigenvalue weighted by Crippen LogP contribution is 2.21. The number of sulfonamides is 1. The zero-order chi connectivity index (χ0) is 28.8. The summed E-state index contributed by atoms with van der Waals surface area (Å²) >= 11 is 0. The molecule has 3 aromatic carbocycles. The Morgan fingerprint density at radius 1 is 0.897 bits per heavy atom. The quantitative estimate of drug-likeness (QED) is 0.402. The fraction of sp³-hybridized carbons (Fsp3) is 0.333. The molecule has 0 saturated carbocycles. The Bertz CT molecular complexity index is 1370. The van der Waals surface area contributed by atoms with Crippen LogP contribution < -0.4 is 9.62 Å². The maximum atomic E-state index is 14.0. The first-order valence-corrected chi connectivity index (χ1v) is 14.5. The minimum Gasteiger partial charge on any atom is -0.350 e. The molecule has 2 amide bonds. The van der Waals surface area contributed by atoms with Crippen molar-refractivity contribution in [2.24, 2.45) is 0 Å². The number of rotatable bonds is 10. The van der Waals surface area contributed by atoms with E-state index in [-0.39, 0.29) is 24.6 Å². The summed E-state index contributed by atoms with van der Waals surface area (Å²) in [5.41, 5.74) is 2.29. The number of hydrogen-bond acceptors (Lipinski definition) is 4. The highest BCUT2D eigenvalue weighted by atomic mass is 32.2. The summed E-state index contributed by atoms with van der Waals surface area (Å²) in [5.74, 6) is -1.43. The molecule has 7 nitrogen and oxygen atoms in total. The van der Waals surface area contributed by atoms with Crippen molar-refractivity contribution in [1.82, 2.24) is 10.2 Å². The van der Waals surface area contributed by atoms with Crippen LogP contribution in [0.5, 0.6) is 0 Å². The summed E-state index contributed by atoms with van der Waals surface area (Å²) in [5, 5.41) is 2.98. The van der Waals surface area contributed by atoms with E-state index in [2.05, 4.69) is 5.32 Å². The summed E-state index contributed by atoms with van der Waals surface area (Å²) in [6, 6.07) is 20.9. The topological polar surface area (TPSA) is 86.8 Å². The number of carbonyl (C=O) groups excluding carboxylic acids is 2. The molecular formula is C30H36FN3O4S. The number of aryl methyl sites for hydroxylation is 1. The van der Waals surface area contributed by atoms with Crippen LogP contribution in [-0.4, -0.2) is 49.5 Å². The number of hydrogen-bond donors (Lipinski definition) is 1. The molecule has 0 aliphatic rings. The van der Waals surface area contributed by atoms with Crippen LogP contribution in [0.15, 0.2) is 78.9 Å². The second-order valence-electron chi connectivity index (χ2n) is 10.7. The number of halogens is 1. The van der Waals surface area contributed by atoms with Gasteiger partial charge in [-0.2, -0.15) is 0 Å². The van der Waals surface area contributed by atoms with Crippen LogP contribution in [0.1, 0.15) is 37.5 Å². The lowest BCUT2D eigenvalue weighted by Crippen LogP contribution is -2.56. The summed E-state index contributed by atoms with van der Waals surface area (Å²) in [6.07, 6.45) is 1.22. The normalized spacial score (nSPS) is 12.5. The van der Waals surface area contributed by atoms with Gasteiger partial charge in [-0.3, -0.25) is 13.9 Å². The Hall–Kier alpha value is -3.72. The van der Waals surface area contributed by atoms with Gasteiger partial charge >= 0.3 is 0 Å². The van der Waals surface area contributed by atoms with E-state index < -0.39 is 39.9 Å². The highest BCUT2D eigenvalue weighted by Gasteiger charge is 2.34. The molecule has 0 spiro atoms. The van der Waals surface area contributed by atoms with Gasteiger partial charge in [0.05, 0.1) is 11.9 Å². The van der Waals surface area contributed by atoms with Gasteiger partial charge < -0.3 is 10.2 Å². The minimum absolute atomic E-state index is 0.0925. The average molecular weight is 554 g/mol. The average Bonchev–Trinajstić information content (AvgIpc) is 2.85. The first-order valence-electron chi connectivity index (χ1n) is 12.7. The van der Waals surface area contributed by atoms with E-state index >= 15 is 0 Å². The molecule has 0 bridgehead atoms. The molecule has 39 heavy (non-hydrogen) atoms. The van der Waals surface area contributed by atoms with Crippen LogP contribution in [-0.2, 0) is 32.6 Å². The van der Waals surface area contributed by atoms with Crippen molar-refractivity contribution in [3.05, 3.63) is 101 Å². The Labute approximate surface area is 230 Å². The molecule has 1 N–H and O–H groups in total. The van der Waals surface area contributed by atoms with E-state index in [0.717, 1.165) is 39.4 Å². The molecule has 0 radical (unpaired) electrons. The molecule has 3 rings (SSSR count). The second-order valence-corrected chi connectivity index (χ2v) is 12.6. The summed E-state index contributed by atoms with van der Waals surface area (Å²) in [6.45, 7) is 7.07. The second kappa shape index (κ2) is 12.4. The number of nitrogens with zero attached hydrogens (tertiary/aromatic N) is 2. The van der Waals surface area contributed by atoms with Crippen molar-refractivity contribution in [2.45, 2.75) is 52.2 Å². The lowest BCUT2D eigenvalue weighted by Gasteiger charge is -2.35. The molecule has 9 heteroatoms. The van der Waals surface area contributed by atoms with E-state index in [1.807, 2.05) is 82.3 Å². The molecule has 0 aliphatic carbocycles. The lowest BCUT2D eigenvalue weighted by molar-refractivity contribution is -0.140. The minimum atomic E-state index is -3.91. The van der Waals surface area contributed by atoms with Gasteiger partial charge in [0.1, 0.15) is 18.4 Å². The third-order valence-electron chi connectivity index (χ3n) is 6.04. The number of benzene rings is 3. The zero-order valence-corrected chi connectivity index (χ0v) is 23.8. The Morgan fingerprint density at radius 3 is 2.03 bits per heavy atom. The fourth-order valence-corrected chi connectivity index (χ4v) is 4.97. The zero-order valence-electron chi connectivity index (χ0n) is 23.0. The van der Waals surface area contributed by atoms with Gasteiger partial charge in [0.2, 0.25) is 21.8 Å². The van der Waals surface area contributed by atoms with E-state index in [9.17, 15) is 22.4 Å². The molecule has 208 valence electrons. The van der Waals surface area contributed by atoms with Gasteiger partial charge in [0.25, 0.3) is 0 Å². The van der Waals surface area contributed by atoms with Gasteiger partial charge in [-0.25, -0.2) is 12.8 Å². The van der Waals surface area contributed by atoms with Crippen molar-refractivity contribution in [1.29, 1.82) is 0 Å². The third kappa shape index (κ3) is 8.92. The largest absolute Gasteiger partial charge is 0.350 e. The Balaban J connectivity index is 2.06. The predicted octanol–water partition coefficient (Wildman–Crippen LogP) is 4.45. The van der Waals surface area contributed by atoms with Gasteiger partial charge in [-0.05, 0) is 63.1 Å². The van der Waals surface area contributed by atoms with Crippen LogP contribution in [0.25, 0.3) is 0 Å². The van der Waals surface area contributed by atoms with E-state index in [4.69, 9.17) is 0 Å². The van der Waals surface area contributed by atoms with Crippen LogP contribution >= 0.6 is 0 Å². The monoisotopic (exact) mass is 553 g/mol. The summed E-state index contributed by atoms with van der Waals surface area (Å²) in [4.78, 5) is 29.1. The van der Waals surface area contributed by atoms with E-state index in [1.54, 1.807) is 0 Å². The summed E-state index contributed by atoms with van der Waals surface area (Å²) < 4.78 is 40.0. The maximum absolute atomic E-state index is 14.0. The van der Waals surface area contributed by atoms with Crippen molar-refractivity contribution >= 4 is 27.5 Å². The number of anilines is 1. The van der Waals surface area contributed by atoms with Gasteiger partial charge in [-0.15, -0.1) is 0 Å². The fourth-order valence-electron chi connectivity index (χ4n) is 4.12. The van der Waals surface area contributed by atoms with Crippen molar-refractivity contribution < 1.29 is 22.4 Å². The van der Waals surface area contributed by atoms with Gasteiger partial charge in [0.15, 0.2) is 0 Å². The molecule has 0 aromatic heterocycles. The van der Waals surface area contributed by atoms with Crippen LogP contribution in [0, 0.1) is 12.7 Å². The first kappa shape index (κ1) is 29.8. The Kier molecular flexibility index (Phi) is 9.50. The molecule has 0 aliphatic heterocycles.